The number of nitrogens with zero attached hydrogens (tertiary/aromatic N) is 1. The van der Waals surface area contributed by atoms with Crippen molar-refractivity contribution in [3.63, 3.8) is 0 Å². The normalized spacial score (nSPS) is 10.9. The number of anilines is 2. The highest BCUT2D eigenvalue weighted by molar-refractivity contribution is 7.92. The highest BCUT2D eigenvalue weighted by Crippen LogP contribution is 2.26. The van der Waals surface area contributed by atoms with Gasteiger partial charge in [-0.15, -0.1) is 0 Å². The van der Waals surface area contributed by atoms with Gasteiger partial charge in [0.2, 0.25) is 5.91 Å². The van der Waals surface area contributed by atoms with Crippen molar-refractivity contribution in [2.75, 3.05) is 22.8 Å². The van der Waals surface area contributed by atoms with Crippen LogP contribution in [0.3, 0.4) is 0 Å². The first-order valence-electron chi connectivity index (χ1n) is 9.78. The molecule has 0 saturated carbocycles. The summed E-state index contributed by atoms with van der Waals surface area (Å²) in [6.45, 7) is 5.38. The molecule has 0 aliphatic carbocycles. The smallest absolute Gasteiger partial charge is 0.264 e. The summed E-state index contributed by atoms with van der Waals surface area (Å²) in [5, 5.41) is 3.15. The summed E-state index contributed by atoms with van der Waals surface area (Å²) in [7, 11) is -4.02. The van der Waals surface area contributed by atoms with Crippen molar-refractivity contribution in [2.45, 2.75) is 11.8 Å². The highest BCUT2D eigenvalue weighted by Gasteiger charge is 2.27. The minimum atomic E-state index is -4.02. The number of halogens is 1. The number of hydrogen-bond donors (Lipinski definition) is 1. The lowest BCUT2D eigenvalue weighted by Crippen LogP contribution is -2.38. The summed E-state index contributed by atoms with van der Waals surface area (Å²) >= 11 is 5.91. The van der Waals surface area contributed by atoms with E-state index in [2.05, 4.69) is 11.9 Å². The summed E-state index contributed by atoms with van der Waals surface area (Å²) in [4.78, 5) is 12.9. The van der Waals surface area contributed by atoms with Crippen LogP contribution in [0.1, 0.15) is 5.56 Å². The van der Waals surface area contributed by atoms with E-state index in [0.29, 0.717) is 28.8 Å². The zero-order valence-electron chi connectivity index (χ0n) is 17.5. The number of aryl methyl sites for hydroxylation is 1. The van der Waals surface area contributed by atoms with Crippen molar-refractivity contribution in [1.82, 2.24) is 0 Å². The summed E-state index contributed by atoms with van der Waals surface area (Å²) in [5.41, 5.74) is 1.74. The quantitative estimate of drug-likeness (QED) is 0.444. The van der Waals surface area contributed by atoms with E-state index < -0.39 is 22.5 Å². The molecule has 3 aromatic rings. The van der Waals surface area contributed by atoms with Crippen molar-refractivity contribution >= 4 is 38.9 Å². The Morgan fingerprint density at radius 1 is 1.09 bits per heavy atom. The van der Waals surface area contributed by atoms with Crippen LogP contribution in [0.5, 0.6) is 5.75 Å². The Morgan fingerprint density at radius 2 is 1.81 bits per heavy atom. The minimum Gasteiger partial charge on any atom is -0.489 e. The molecule has 1 N–H and O–H groups in total. The molecule has 0 heterocycles. The third-order valence-electron chi connectivity index (χ3n) is 4.46. The molecule has 8 heteroatoms. The van der Waals surface area contributed by atoms with Crippen LogP contribution in [0.2, 0.25) is 5.02 Å². The van der Waals surface area contributed by atoms with Crippen LogP contribution in [0.15, 0.2) is 90.3 Å². The molecular formula is C24H23ClN2O4S. The van der Waals surface area contributed by atoms with Crippen molar-refractivity contribution in [1.29, 1.82) is 0 Å². The van der Waals surface area contributed by atoms with E-state index in [0.717, 1.165) is 9.87 Å². The number of hydrogen-bond acceptors (Lipinski definition) is 4. The van der Waals surface area contributed by atoms with E-state index in [-0.39, 0.29) is 4.90 Å². The first-order valence-corrected chi connectivity index (χ1v) is 11.6. The van der Waals surface area contributed by atoms with Crippen LogP contribution in [0, 0.1) is 6.92 Å². The van der Waals surface area contributed by atoms with E-state index in [1.54, 1.807) is 48.5 Å². The second kappa shape index (κ2) is 10.3. The Morgan fingerprint density at radius 3 is 2.50 bits per heavy atom. The van der Waals surface area contributed by atoms with Crippen molar-refractivity contribution in [3.8, 4) is 5.75 Å². The Balaban J connectivity index is 1.88. The molecule has 0 atom stereocenters. The molecule has 0 spiro atoms. The molecule has 3 aromatic carbocycles. The third-order valence-corrected chi connectivity index (χ3v) is 6.50. The van der Waals surface area contributed by atoms with Crippen LogP contribution in [-0.4, -0.2) is 27.5 Å². The van der Waals surface area contributed by atoms with Gasteiger partial charge in [-0.3, -0.25) is 9.10 Å². The van der Waals surface area contributed by atoms with Crippen LogP contribution < -0.4 is 14.4 Å². The van der Waals surface area contributed by atoms with Gasteiger partial charge in [0.05, 0.1) is 10.6 Å². The van der Waals surface area contributed by atoms with Gasteiger partial charge < -0.3 is 10.1 Å². The topological polar surface area (TPSA) is 75.7 Å². The molecule has 0 aliphatic rings. The maximum atomic E-state index is 13.4. The Hall–Kier alpha value is -3.29. The molecule has 1 amide bonds. The Kier molecular flexibility index (Phi) is 7.56. The lowest BCUT2D eigenvalue weighted by Gasteiger charge is -2.24. The average Bonchev–Trinajstić information content (AvgIpc) is 2.76. The fourth-order valence-electron chi connectivity index (χ4n) is 2.98. The van der Waals surface area contributed by atoms with Crippen LogP contribution in [-0.2, 0) is 14.8 Å². The van der Waals surface area contributed by atoms with Gasteiger partial charge in [0, 0.05) is 16.8 Å². The molecule has 3 rings (SSSR count). The van der Waals surface area contributed by atoms with Gasteiger partial charge in [0.25, 0.3) is 10.0 Å². The maximum Gasteiger partial charge on any atom is 0.264 e. The largest absolute Gasteiger partial charge is 0.489 e. The zero-order chi connectivity index (χ0) is 23.1. The number of benzene rings is 3. The zero-order valence-corrected chi connectivity index (χ0v) is 19.1. The van der Waals surface area contributed by atoms with Crippen molar-refractivity contribution in [2.24, 2.45) is 0 Å². The van der Waals surface area contributed by atoms with Gasteiger partial charge in [-0.25, -0.2) is 8.42 Å². The number of sulfonamides is 1. The second-order valence-electron chi connectivity index (χ2n) is 6.98. The molecule has 6 nitrogen and oxygen atoms in total. The van der Waals surface area contributed by atoms with Crippen LogP contribution >= 0.6 is 11.6 Å². The van der Waals surface area contributed by atoms with Gasteiger partial charge in [0.15, 0.2) is 0 Å². The molecule has 0 bridgehead atoms. The number of amides is 1. The third kappa shape index (κ3) is 5.90. The maximum absolute atomic E-state index is 13.4. The molecule has 0 fully saturated rings. The lowest BCUT2D eigenvalue weighted by molar-refractivity contribution is -0.114. The van der Waals surface area contributed by atoms with Crippen LogP contribution in [0.4, 0.5) is 11.4 Å². The summed E-state index contributed by atoms with van der Waals surface area (Å²) < 4.78 is 33.3. The lowest BCUT2D eigenvalue weighted by atomic mass is 10.2. The number of carbonyl (C=O) groups excluding carboxylic acids is 1. The van der Waals surface area contributed by atoms with Gasteiger partial charge >= 0.3 is 0 Å². The highest BCUT2D eigenvalue weighted by atomic mass is 35.5. The molecule has 32 heavy (non-hydrogen) atoms. The first-order chi connectivity index (χ1) is 15.3. The number of rotatable bonds is 9. The monoisotopic (exact) mass is 470 g/mol. The van der Waals surface area contributed by atoms with E-state index in [1.807, 2.05) is 13.0 Å². The average molecular weight is 471 g/mol. The van der Waals surface area contributed by atoms with Crippen LogP contribution in [0.25, 0.3) is 0 Å². The predicted molar refractivity (Wildman–Crippen MR) is 128 cm³/mol. The van der Waals surface area contributed by atoms with E-state index >= 15 is 0 Å². The van der Waals surface area contributed by atoms with E-state index in [9.17, 15) is 13.2 Å². The first kappa shape index (κ1) is 23.4. The summed E-state index contributed by atoms with van der Waals surface area (Å²) in [6, 6.07) is 19.6. The Bertz CT molecular complexity index is 1210. The number of nitrogens with one attached hydrogen (secondary N) is 1. The molecule has 0 aliphatic heterocycles. The van der Waals surface area contributed by atoms with Gasteiger partial charge in [0.1, 0.15) is 18.9 Å². The van der Waals surface area contributed by atoms with Gasteiger partial charge in [-0.1, -0.05) is 42.5 Å². The Labute approximate surface area is 193 Å². The number of ether oxygens (including phenoxy) is 1. The van der Waals surface area contributed by atoms with Gasteiger partial charge in [-0.05, 0) is 61.0 Å². The fourth-order valence-corrected chi connectivity index (χ4v) is 4.52. The molecule has 0 saturated heterocycles. The number of carbonyl (C=O) groups is 1. The molecule has 0 radical (unpaired) electrons. The molecule has 0 unspecified atom stereocenters. The molecule has 166 valence electrons. The second-order valence-corrected chi connectivity index (χ2v) is 9.28. The fraction of sp³-hybridized carbons (Fsp3) is 0.125. The SMILES string of the molecule is C=CCOc1cccc(NC(=O)CN(c2cccc(C)c2)S(=O)(=O)c2ccc(Cl)cc2)c1. The summed E-state index contributed by atoms with van der Waals surface area (Å²) in [6.07, 6.45) is 1.62. The molecular weight excluding hydrogens is 448 g/mol. The minimum absolute atomic E-state index is 0.0380. The standard InChI is InChI=1S/C24H23ClN2O4S/c1-3-14-31-22-9-5-7-20(16-22)26-24(28)17-27(21-8-4-6-18(2)15-21)32(29,30)23-12-10-19(25)11-13-23/h3-13,15-16H,1,14,17H2,2H3,(H,26,28). The summed E-state index contributed by atoms with van der Waals surface area (Å²) in [5.74, 6) is 0.0666. The van der Waals surface area contributed by atoms with Gasteiger partial charge in [-0.2, -0.15) is 0 Å². The predicted octanol–water partition coefficient (Wildman–Crippen LogP) is 5.05. The van der Waals surface area contributed by atoms with E-state index in [4.69, 9.17) is 16.3 Å². The van der Waals surface area contributed by atoms with Crippen molar-refractivity contribution in [3.05, 3.63) is 96.0 Å². The van der Waals surface area contributed by atoms with Crippen molar-refractivity contribution < 1.29 is 17.9 Å². The molecule has 0 aromatic heterocycles. The van der Waals surface area contributed by atoms with E-state index in [1.165, 1.54) is 24.3 Å².